The van der Waals surface area contributed by atoms with Crippen LogP contribution >= 0.6 is 0 Å². The predicted octanol–water partition coefficient (Wildman–Crippen LogP) is 2.73. The molecule has 0 aliphatic carbocycles. The number of benzene rings is 1. The molecule has 0 aromatic heterocycles. The highest BCUT2D eigenvalue weighted by Gasteiger charge is 2.06. The summed E-state index contributed by atoms with van der Waals surface area (Å²) in [6.07, 6.45) is 3.17. The summed E-state index contributed by atoms with van der Waals surface area (Å²) in [4.78, 5) is 0. The first-order valence-corrected chi connectivity index (χ1v) is 5.73. The van der Waals surface area contributed by atoms with Crippen molar-refractivity contribution in [3.05, 3.63) is 29.8 Å². The number of unbranched alkanes of at least 4 members (excludes halogenated alkanes) is 1. The zero-order valence-corrected chi connectivity index (χ0v) is 9.99. The van der Waals surface area contributed by atoms with Crippen LogP contribution in [0.1, 0.15) is 32.3 Å². The molecule has 0 saturated heterocycles. The molecule has 0 heterocycles. The monoisotopic (exact) mass is 220 g/mol. The summed E-state index contributed by atoms with van der Waals surface area (Å²) in [6.45, 7) is 3.96. The Morgan fingerprint density at radius 3 is 2.50 bits per heavy atom. The van der Waals surface area contributed by atoms with Gasteiger partial charge in [-0.05, 0) is 37.5 Å². The van der Waals surface area contributed by atoms with Gasteiger partial charge in [0.1, 0.15) is 11.6 Å². The molecule has 0 radical (unpaired) electrons. The summed E-state index contributed by atoms with van der Waals surface area (Å²) in [5.74, 6) is 0.818. The van der Waals surface area contributed by atoms with Crippen molar-refractivity contribution < 1.29 is 4.74 Å². The molecule has 0 bridgehead atoms. The van der Waals surface area contributed by atoms with E-state index in [0.29, 0.717) is 0 Å². The molecule has 1 aromatic carbocycles. The molecule has 0 aliphatic rings. The minimum Gasteiger partial charge on any atom is -0.483 e. The van der Waals surface area contributed by atoms with Crippen LogP contribution in [0.5, 0.6) is 5.75 Å². The molecule has 1 atom stereocenters. The van der Waals surface area contributed by atoms with Crippen molar-refractivity contribution in [2.24, 2.45) is 5.73 Å². The van der Waals surface area contributed by atoms with Gasteiger partial charge in [0.15, 0.2) is 6.10 Å². The van der Waals surface area contributed by atoms with E-state index in [1.807, 2.05) is 12.1 Å². The highest BCUT2D eigenvalue weighted by Crippen LogP contribution is 2.15. The fourth-order valence-corrected chi connectivity index (χ4v) is 1.38. The molecule has 3 nitrogen and oxygen atoms in total. The Labute approximate surface area is 97.1 Å². The van der Waals surface area contributed by atoms with Crippen LogP contribution in [0.15, 0.2) is 24.3 Å². The number of aryl methyl sites for hydroxylation is 1. The molecule has 0 fully saturated rings. The van der Waals surface area contributed by atoms with Crippen LogP contribution in [0.3, 0.4) is 0 Å². The van der Waals surface area contributed by atoms with E-state index >= 15 is 0 Å². The topological polar surface area (TPSA) is 59.1 Å². The van der Waals surface area contributed by atoms with Gasteiger partial charge in [-0.25, -0.2) is 0 Å². The molecule has 88 valence electrons. The van der Waals surface area contributed by atoms with Crippen LogP contribution in [0.4, 0.5) is 0 Å². The van der Waals surface area contributed by atoms with Crippen molar-refractivity contribution in [1.82, 2.24) is 0 Å². The minimum atomic E-state index is -0.360. The highest BCUT2D eigenvalue weighted by atomic mass is 16.5. The van der Waals surface area contributed by atoms with Crippen LogP contribution in [0.2, 0.25) is 0 Å². The molecule has 16 heavy (non-hydrogen) atoms. The third kappa shape index (κ3) is 3.93. The third-order valence-electron chi connectivity index (χ3n) is 2.49. The van der Waals surface area contributed by atoms with Crippen LogP contribution in [0.25, 0.3) is 0 Å². The van der Waals surface area contributed by atoms with Gasteiger partial charge in [0.05, 0.1) is 0 Å². The Hall–Kier alpha value is -1.51. The summed E-state index contributed by atoms with van der Waals surface area (Å²) in [5, 5.41) is 7.24. The number of nitrogens with two attached hydrogens (primary N) is 1. The van der Waals surface area contributed by atoms with Crippen molar-refractivity contribution >= 4 is 5.84 Å². The Balaban J connectivity index is 2.54. The lowest BCUT2D eigenvalue weighted by atomic mass is 10.1. The predicted molar refractivity (Wildman–Crippen MR) is 67.1 cm³/mol. The lowest BCUT2D eigenvalue weighted by Crippen LogP contribution is -2.29. The smallest absolute Gasteiger partial charge is 0.152 e. The Bertz CT molecular complexity index is 332. The first-order valence-electron chi connectivity index (χ1n) is 5.73. The summed E-state index contributed by atoms with van der Waals surface area (Å²) in [7, 11) is 0. The van der Waals surface area contributed by atoms with Crippen LogP contribution < -0.4 is 10.5 Å². The van der Waals surface area contributed by atoms with Crippen molar-refractivity contribution in [3.8, 4) is 5.75 Å². The quantitative estimate of drug-likeness (QED) is 0.572. The lowest BCUT2D eigenvalue weighted by molar-refractivity contribution is 0.284. The lowest BCUT2D eigenvalue weighted by Gasteiger charge is -2.13. The third-order valence-corrected chi connectivity index (χ3v) is 2.49. The van der Waals surface area contributed by atoms with Gasteiger partial charge in [-0.3, -0.25) is 5.41 Å². The van der Waals surface area contributed by atoms with Gasteiger partial charge in [0, 0.05) is 0 Å². The van der Waals surface area contributed by atoms with Gasteiger partial charge in [-0.15, -0.1) is 0 Å². The van der Waals surface area contributed by atoms with Crippen LogP contribution in [0, 0.1) is 5.41 Å². The highest BCUT2D eigenvalue weighted by molar-refractivity contribution is 5.81. The summed E-state index contributed by atoms with van der Waals surface area (Å²) < 4.78 is 5.49. The first kappa shape index (κ1) is 12.6. The van der Waals surface area contributed by atoms with E-state index in [1.165, 1.54) is 18.4 Å². The summed E-state index contributed by atoms with van der Waals surface area (Å²) >= 11 is 0. The first-order chi connectivity index (χ1) is 7.63. The van der Waals surface area contributed by atoms with Crippen LogP contribution in [-0.2, 0) is 6.42 Å². The van der Waals surface area contributed by atoms with E-state index in [-0.39, 0.29) is 11.9 Å². The van der Waals surface area contributed by atoms with Crippen molar-refractivity contribution in [2.75, 3.05) is 0 Å². The average Bonchev–Trinajstić information content (AvgIpc) is 2.28. The molecular formula is C13H20N2O. The van der Waals surface area contributed by atoms with Crippen LogP contribution in [-0.4, -0.2) is 11.9 Å². The largest absolute Gasteiger partial charge is 0.483 e. The van der Waals surface area contributed by atoms with Gasteiger partial charge < -0.3 is 10.5 Å². The van der Waals surface area contributed by atoms with E-state index in [1.54, 1.807) is 6.92 Å². The maximum Gasteiger partial charge on any atom is 0.152 e. The van der Waals surface area contributed by atoms with Crippen molar-refractivity contribution in [2.45, 2.75) is 39.2 Å². The van der Waals surface area contributed by atoms with Crippen molar-refractivity contribution in [1.29, 1.82) is 5.41 Å². The second-order valence-electron chi connectivity index (χ2n) is 3.96. The maximum atomic E-state index is 7.24. The average molecular weight is 220 g/mol. The van der Waals surface area contributed by atoms with E-state index < -0.39 is 0 Å². The molecule has 3 N–H and O–H groups in total. The van der Waals surface area contributed by atoms with Gasteiger partial charge in [0.25, 0.3) is 0 Å². The fourth-order valence-electron chi connectivity index (χ4n) is 1.38. The molecule has 3 heteroatoms. The van der Waals surface area contributed by atoms with Gasteiger partial charge in [-0.2, -0.15) is 0 Å². The summed E-state index contributed by atoms with van der Waals surface area (Å²) in [5.41, 5.74) is 6.66. The van der Waals surface area contributed by atoms with Gasteiger partial charge >= 0.3 is 0 Å². The number of rotatable bonds is 6. The second-order valence-corrected chi connectivity index (χ2v) is 3.96. The number of nitrogens with one attached hydrogen (secondary N) is 1. The normalized spacial score (nSPS) is 12.1. The maximum absolute atomic E-state index is 7.24. The van der Waals surface area contributed by atoms with Crippen molar-refractivity contribution in [3.63, 3.8) is 0 Å². The standard InChI is InChI=1S/C13H20N2O/c1-3-4-5-11-6-8-12(9-7-11)16-10(2)13(14)15/h6-10H,3-5H2,1-2H3,(H3,14,15). The van der Waals surface area contributed by atoms with E-state index in [4.69, 9.17) is 15.9 Å². The molecule has 0 spiro atoms. The SMILES string of the molecule is CCCCc1ccc(OC(C)C(=N)N)cc1. The Morgan fingerprint density at radius 1 is 1.38 bits per heavy atom. The molecule has 0 aliphatic heterocycles. The molecule has 1 rings (SSSR count). The molecule has 0 saturated carbocycles. The zero-order valence-electron chi connectivity index (χ0n) is 9.99. The Kier molecular flexibility index (Phi) is 4.83. The van der Waals surface area contributed by atoms with Gasteiger partial charge in [-0.1, -0.05) is 25.5 Å². The Morgan fingerprint density at radius 2 is 2.00 bits per heavy atom. The number of hydrogen-bond donors (Lipinski definition) is 2. The second kappa shape index (κ2) is 6.16. The van der Waals surface area contributed by atoms with E-state index in [2.05, 4.69) is 19.1 Å². The fraction of sp³-hybridized carbons (Fsp3) is 0.462. The number of amidine groups is 1. The number of hydrogen-bond acceptors (Lipinski definition) is 2. The van der Waals surface area contributed by atoms with Gasteiger partial charge in [0.2, 0.25) is 0 Å². The number of ether oxygens (including phenoxy) is 1. The zero-order chi connectivity index (χ0) is 12.0. The van der Waals surface area contributed by atoms with E-state index in [9.17, 15) is 0 Å². The summed E-state index contributed by atoms with van der Waals surface area (Å²) in [6, 6.07) is 8.00. The molecular weight excluding hydrogens is 200 g/mol. The minimum absolute atomic E-state index is 0.0510. The van der Waals surface area contributed by atoms with E-state index in [0.717, 1.165) is 12.2 Å². The molecule has 1 aromatic rings. The molecule has 0 amide bonds. The molecule has 1 unspecified atom stereocenters.